The van der Waals surface area contributed by atoms with Gasteiger partial charge in [-0.3, -0.25) is 9.69 Å². The molecule has 1 fully saturated rings. The molecule has 0 spiro atoms. The number of furan rings is 1. The van der Waals surface area contributed by atoms with Gasteiger partial charge in [-0.15, -0.1) is 0 Å². The summed E-state index contributed by atoms with van der Waals surface area (Å²) in [7, 11) is 0. The van der Waals surface area contributed by atoms with Crippen molar-refractivity contribution in [3.8, 4) is 0 Å². The van der Waals surface area contributed by atoms with Gasteiger partial charge in [-0.05, 0) is 50.2 Å². The minimum absolute atomic E-state index is 0.00366. The molecule has 7 nitrogen and oxygen atoms in total. The Morgan fingerprint density at radius 2 is 1.75 bits per heavy atom. The summed E-state index contributed by atoms with van der Waals surface area (Å²) < 4.78 is 29.2. The van der Waals surface area contributed by atoms with Crippen molar-refractivity contribution >= 4 is 23.5 Å². The highest BCUT2D eigenvalue weighted by Crippen LogP contribution is 2.47. The number of anilines is 1. The van der Waals surface area contributed by atoms with Gasteiger partial charge in [-0.25, -0.2) is 14.0 Å². The first kappa shape index (κ1) is 19.6. The molecule has 1 saturated heterocycles. The van der Waals surface area contributed by atoms with Gasteiger partial charge in [0.2, 0.25) is 5.91 Å². The van der Waals surface area contributed by atoms with E-state index in [1.54, 1.807) is 26.0 Å². The van der Waals surface area contributed by atoms with E-state index >= 15 is 0 Å². The van der Waals surface area contributed by atoms with Crippen molar-refractivity contribution in [1.82, 2.24) is 0 Å². The molecule has 1 aromatic carbocycles. The largest absolute Gasteiger partial charge is 0.469 e. The second kappa shape index (κ2) is 7.84. The van der Waals surface area contributed by atoms with E-state index in [4.69, 9.17) is 13.9 Å². The van der Waals surface area contributed by atoms with Crippen LogP contribution < -0.4 is 4.90 Å². The first-order chi connectivity index (χ1) is 13.5. The van der Waals surface area contributed by atoms with Gasteiger partial charge in [0.15, 0.2) is 0 Å². The first-order valence-corrected chi connectivity index (χ1v) is 8.93. The molecule has 2 heterocycles. The number of hydrogen-bond acceptors (Lipinski definition) is 6. The fourth-order valence-electron chi connectivity index (χ4n) is 3.53. The Balaban J connectivity index is 2.25. The van der Waals surface area contributed by atoms with Crippen LogP contribution in [-0.4, -0.2) is 36.6 Å². The number of halogens is 1. The van der Waals surface area contributed by atoms with Gasteiger partial charge >= 0.3 is 11.9 Å². The summed E-state index contributed by atoms with van der Waals surface area (Å²) in [5.41, 5.74) is -1.93. The van der Waals surface area contributed by atoms with Crippen molar-refractivity contribution in [2.45, 2.75) is 31.7 Å². The summed E-state index contributed by atoms with van der Waals surface area (Å²) in [4.78, 5) is 40.3. The number of amides is 1. The van der Waals surface area contributed by atoms with Gasteiger partial charge in [0.05, 0.1) is 25.4 Å². The van der Waals surface area contributed by atoms with E-state index in [-0.39, 0.29) is 31.1 Å². The second-order valence-electron chi connectivity index (χ2n) is 6.19. The highest BCUT2D eigenvalue weighted by molar-refractivity contribution is 6.19. The van der Waals surface area contributed by atoms with Crippen molar-refractivity contribution in [2.24, 2.45) is 0 Å². The lowest BCUT2D eigenvalue weighted by Crippen LogP contribution is -2.62. The predicted molar refractivity (Wildman–Crippen MR) is 95.9 cm³/mol. The molecule has 0 N–H and O–H groups in total. The lowest BCUT2D eigenvalue weighted by molar-refractivity contribution is -0.165. The SMILES string of the molecule is CCOC(=O)C1(C(=O)OCC)C(c2ccco2)CC(=O)N1c1ccc(F)cc1. The van der Waals surface area contributed by atoms with Crippen LogP contribution in [0.15, 0.2) is 47.1 Å². The monoisotopic (exact) mass is 389 g/mol. The maximum Gasteiger partial charge on any atom is 0.345 e. The van der Waals surface area contributed by atoms with E-state index in [0.717, 1.165) is 17.0 Å². The molecule has 148 valence electrons. The Labute approximate surface area is 161 Å². The van der Waals surface area contributed by atoms with E-state index in [1.165, 1.54) is 18.4 Å². The summed E-state index contributed by atoms with van der Waals surface area (Å²) in [6.07, 6.45) is 1.21. The normalized spacial score (nSPS) is 18.2. The Morgan fingerprint density at radius 1 is 1.14 bits per heavy atom. The molecule has 28 heavy (non-hydrogen) atoms. The Morgan fingerprint density at radius 3 is 2.25 bits per heavy atom. The van der Waals surface area contributed by atoms with Crippen LogP contribution in [-0.2, 0) is 23.9 Å². The number of esters is 2. The molecule has 0 aliphatic carbocycles. The quantitative estimate of drug-likeness (QED) is 0.558. The molecule has 1 aromatic heterocycles. The van der Waals surface area contributed by atoms with Crippen LogP contribution in [0.4, 0.5) is 10.1 Å². The first-order valence-electron chi connectivity index (χ1n) is 8.93. The topological polar surface area (TPSA) is 86.0 Å². The van der Waals surface area contributed by atoms with Gasteiger partial charge in [-0.1, -0.05) is 0 Å². The van der Waals surface area contributed by atoms with Crippen LogP contribution in [0.25, 0.3) is 0 Å². The third-order valence-corrected chi connectivity index (χ3v) is 4.63. The fraction of sp³-hybridized carbons (Fsp3) is 0.350. The van der Waals surface area contributed by atoms with E-state index in [2.05, 4.69) is 0 Å². The molecule has 8 heteroatoms. The molecule has 1 atom stereocenters. The number of carbonyl (C=O) groups is 3. The van der Waals surface area contributed by atoms with Crippen molar-refractivity contribution < 1.29 is 32.7 Å². The zero-order valence-electron chi connectivity index (χ0n) is 15.5. The van der Waals surface area contributed by atoms with Gasteiger partial charge in [0.25, 0.3) is 5.54 Å². The smallest absolute Gasteiger partial charge is 0.345 e. The van der Waals surface area contributed by atoms with E-state index in [1.807, 2.05) is 0 Å². The van der Waals surface area contributed by atoms with E-state index < -0.39 is 35.1 Å². The third kappa shape index (κ3) is 3.04. The lowest BCUT2D eigenvalue weighted by atomic mass is 9.82. The average molecular weight is 389 g/mol. The summed E-state index contributed by atoms with van der Waals surface area (Å²) in [5, 5.41) is 0. The number of nitrogens with zero attached hydrogens (tertiary/aromatic N) is 1. The van der Waals surface area contributed by atoms with Crippen molar-refractivity contribution in [3.63, 3.8) is 0 Å². The number of rotatable bonds is 6. The molecule has 1 aliphatic rings. The summed E-state index contributed by atoms with van der Waals surface area (Å²) in [6.45, 7) is 3.18. The molecule has 3 rings (SSSR count). The van der Waals surface area contributed by atoms with Crippen molar-refractivity contribution in [3.05, 3.63) is 54.2 Å². The highest BCUT2D eigenvalue weighted by Gasteiger charge is 2.67. The average Bonchev–Trinajstić information content (AvgIpc) is 3.29. The molecule has 0 radical (unpaired) electrons. The van der Waals surface area contributed by atoms with Gasteiger partial charge in [-0.2, -0.15) is 0 Å². The van der Waals surface area contributed by atoms with Gasteiger partial charge in [0.1, 0.15) is 11.6 Å². The summed E-state index contributed by atoms with van der Waals surface area (Å²) in [5.74, 6) is -3.56. The Hall–Kier alpha value is -3.16. The predicted octanol–water partition coefficient (Wildman–Crippen LogP) is 2.80. The molecule has 1 aliphatic heterocycles. The van der Waals surface area contributed by atoms with Crippen LogP contribution in [0.5, 0.6) is 0 Å². The molecule has 1 amide bonds. The van der Waals surface area contributed by atoms with Crippen LogP contribution >= 0.6 is 0 Å². The Kier molecular flexibility index (Phi) is 5.48. The van der Waals surface area contributed by atoms with Crippen LogP contribution in [0.1, 0.15) is 31.9 Å². The van der Waals surface area contributed by atoms with Crippen LogP contribution in [0.2, 0.25) is 0 Å². The summed E-state index contributed by atoms with van der Waals surface area (Å²) >= 11 is 0. The maximum absolute atomic E-state index is 13.4. The van der Waals surface area contributed by atoms with Crippen molar-refractivity contribution in [2.75, 3.05) is 18.1 Å². The number of hydrogen-bond donors (Lipinski definition) is 0. The number of benzene rings is 1. The molecule has 0 saturated carbocycles. The zero-order valence-corrected chi connectivity index (χ0v) is 15.5. The molecular weight excluding hydrogens is 369 g/mol. The van der Waals surface area contributed by atoms with Gasteiger partial charge < -0.3 is 13.9 Å². The number of carbonyl (C=O) groups excluding carboxylic acids is 3. The molecule has 0 bridgehead atoms. The van der Waals surface area contributed by atoms with Crippen molar-refractivity contribution in [1.29, 1.82) is 0 Å². The molecular formula is C20H20FNO6. The second-order valence-corrected chi connectivity index (χ2v) is 6.19. The molecule has 2 aromatic rings. The Bertz CT molecular complexity index is 843. The van der Waals surface area contributed by atoms with E-state index in [0.29, 0.717) is 0 Å². The minimum atomic E-state index is -2.11. The fourth-order valence-corrected chi connectivity index (χ4v) is 3.53. The lowest BCUT2D eigenvalue weighted by Gasteiger charge is -2.36. The van der Waals surface area contributed by atoms with Crippen LogP contribution in [0.3, 0.4) is 0 Å². The molecule has 1 unspecified atom stereocenters. The zero-order chi connectivity index (χ0) is 20.3. The minimum Gasteiger partial charge on any atom is -0.469 e. The van der Waals surface area contributed by atoms with E-state index in [9.17, 15) is 18.8 Å². The number of ether oxygens (including phenoxy) is 2. The van der Waals surface area contributed by atoms with Crippen LogP contribution in [0, 0.1) is 5.82 Å². The maximum atomic E-state index is 13.4. The third-order valence-electron chi connectivity index (χ3n) is 4.63. The van der Waals surface area contributed by atoms with Gasteiger partial charge in [0, 0.05) is 12.1 Å². The standard InChI is InChI=1S/C20H20FNO6/c1-3-26-18(24)20(19(25)27-4-2)15(16-6-5-11-28-16)12-17(23)22(20)14-9-7-13(21)8-10-14/h5-11,15H,3-4,12H2,1-2H3. The summed E-state index contributed by atoms with van der Waals surface area (Å²) in [6, 6.07) is 8.12. The highest BCUT2D eigenvalue weighted by atomic mass is 19.1.